The highest BCUT2D eigenvalue weighted by molar-refractivity contribution is 5.81. The summed E-state index contributed by atoms with van der Waals surface area (Å²) in [6.45, 7) is 0.832. The Bertz CT molecular complexity index is 699. The molecule has 1 aromatic heterocycles. The molecule has 1 aromatic carbocycles. The third-order valence-corrected chi connectivity index (χ3v) is 4.86. The number of methoxy groups -OCH3 is 1. The molecule has 0 radical (unpaired) electrons. The van der Waals surface area contributed by atoms with Gasteiger partial charge in [0.05, 0.1) is 13.2 Å². The molecule has 3 rings (SSSR count). The first kappa shape index (κ1) is 16.1. The Morgan fingerprint density at radius 3 is 2.61 bits per heavy atom. The predicted molar refractivity (Wildman–Crippen MR) is 90.8 cm³/mol. The topological polar surface area (TPSA) is 56.0 Å². The maximum Gasteiger partial charge on any atom is 0.336 e. The molecule has 0 bridgehead atoms. The zero-order valence-electron chi connectivity index (χ0n) is 13.8. The van der Waals surface area contributed by atoms with Gasteiger partial charge < -0.3 is 14.5 Å². The van der Waals surface area contributed by atoms with E-state index in [4.69, 9.17) is 9.15 Å². The summed E-state index contributed by atoms with van der Waals surface area (Å²) in [5, 5.41) is 3.41. The van der Waals surface area contributed by atoms with E-state index in [0.29, 0.717) is 17.4 Å². The molecule has 0 unspecified atom stereocenters. The van der Waals surface area contributed by atoms with Gasteiger partial charge in [-0.3, -0.25) is 0 Å². The lowest BCUT2D eigenvalue weighted by Gasteiger charge is -2.18. The van der Waals surface area contributed by atoms with Crippen LogP contribution in [0.4, 0.5) is 0 Å². The molecule has 4 heteroatoms. The minimum Gasteiger partial charge on any atom is -0.497 e. The van der Waals surface area contributed by atoms with E-state index in [2.05, 4.69) is 5.32 Å². The van der Waals surface area contributed by atoms with Crippen LogP contribution in [0.15, 0.2) is 33.5 Å². The molecule has 0 atom stereocenters. The maximum absolute atomic E-state index is 11.8. The van der Waals surface area contributed by atoms with Gasteiger partial charge in [0.15, 0.2) is 0 Å². The van der Waals surface area contributed by atoms with Crippen LogP contribution in [0.3, 0.4) is 0 Å². The van der Waals surface area contributed by atoms with E-state index in [1.807, 2.05) is 12.1 Å². The van der Waals surface area contributed by atoms with Crippen LogP contribution in [0.5, 0.6) is 5.75 Å². The third-order valence-electron chi connectivity index (χ3n) is 4.86. The van der Waals surface area contributed by atoms with Crippen LogP contribution < -0.4 is 15.7 Å². The second kappa shape index (κ2) is 7.64. The molecule has 1 saturated carbocycles. The molecule has 2 aromatic rings. The molecule has 23 heavy (non-hydrogen) atoms. The normalized spacial score (nSPS) is 16.9. The molecule has 1 heterocycles. The minimum atomic E-state index is -0.285. The van der Waals surface area contributed by atoms with Crippen molar-refractivity contribution in [2.75, 3.05) is 7.11 Å². The first-order valence-electron chi connectivity index (χ1n) is 8.70. The molecule has 0 aliphatic heterocycles. The average Bonchev–Trinajstić information content (AvgIpc) is 2.52. The minimum absolute atomic E-state index is 0.285. The van der Waals surface area contributed by atoms with Crippen LogP contribution in [-0.2, 0) is 6.54 Å². The fourth-order valence-corrected chi connectivity index (χ4v) is 3.52. The monoisotopic (exact) mass is 316 g/mol. The van der Waals surface area contributed by atoms with E-state index in [1.54, 1.807) is 19.2 Å². The Balaban J connectivity index is 1.77. The molecular weight excluding hydrogens is 290 g/mol. The number of hydrogen-bond acceptors (Lipinski definition) is 3. The number of nitrogens with two attached hydrogens (primary N) is 1. The Hall–Kier alpha value is -1.81. The lowest BCUT2D eigenvalue weighted by atomic mass is 9.96. The fourth-order valence-electron chi connectivity index (χ4n) is 3.52. The number of quaternary nitrogens is 1. The molecule has 124 valence electrons. The summed E-state index contributed by atoms with van der Waals surface area (Å²) in [5.41, 5.74) is 1.38. The van der Waals surface area contributed by atoms with Gasteiger partial charge in [-0.15, -0.1) is 0 Å². The molecule has 0 spiro atoms. The zero-order valence-corrected chi connectivity index (χ0v) is 13.8. The van der Waals surface area contributed by atoms with Gasteiger partial charge in [0, 0.05) is 23.1 Å². The molecule has 1 fully saturated rings. The van der Waals surface area contributed by atoms with Crippen molar-refractivity contribution in [2.45, 2.75) is 57.5 Å². The van der Waals surface area contributed by atoms with Crippen LogP contribution in [0, 0.1) is 0 Å². The SMILES string of the molecule is COc1ccc2c(C[NH2+]C3CCCCCCC3)cc(=O)oc2c1. The molecular formula is C19H26NO3+. The summed E-state index contributed by atoms with van der Waals surface area (Å²) in [7, 11) is 1.62. The molecule has 2 N–H and O–H groups in total. The van der Waals surface area contributed by atoms with Crippen molar-refractivity contribution in [3.8, 4) is 5.75 Å². The summed E-state index contributed by atoms with van der Waals surface area (Å²) in [6, 6.07) is 8.00. The highest BCUT2D eigenvalue weighted by Crippen LogP contribution is 2.22. The van der Waals surface area contributed by atoms with E-state index in [0.717, 1.165) is 17.5 Å². The van der Waals surface area contributed by atoms with Crippen molar-refractivity contribution < 1.29 is 14.5 Å². The summed E-state index contributed by atoms with van der Waals surface area (Å²) in [6.07, 6.45) is 9.34. The van der Waals surface area contributed by atoms with E-state index in [-0.39, 0.29) is 5.63 Å². The lowest BCUT2D eigenvalue weighted by Crippen LogP contribution is -2.88. The Morgan fingerprint density at radius 2 is 1.87 bits per heavy atom. The third kappa shape index (κ3) is 4.14. The Morgan fingerprint density at radius 1 is 1.13 bits per heavy atom. The Labute approximate surface area is 136 Å². The van der Waals surface area contributed by atoms with Gasteiger partial charge in [0.1, 0.15) is 17.9 Å². The fraction of sp³-hybridized carbons (Fsp3) is 0.526. The number of fused-ring (bicyclic) bond motifs is 1. The number of rotatable bonds is 4. The average molecular weight is 316 g/mol. The molecule has 0 amide bonds. The molecule has 1 aliphatic rings. The van der Waals surface area contributed by atoms with Crippen LogP contribution in [-0.4, -0.2) is 13.2 Å². The van der Waals surface area contributed by atoms with Crippen molar-refractivity contribution in [1.82, 2.24) is 0 Å². The highest BCUT2D eigenvalue weighted by Gasteiger charge is 2.15. The predicted octanol–water partition coefficient (Wildman–Crippen LogP) is 2.98. The van der Waals surface area contributed by atoms with Gasteiger partial charge in [-0.2, -0.15) is 0 Å². The second-order valence-electron chi connectivity index (χ2n) is 6.50. The first-order chi connectivity index (χ1) is 11.3. The van der Waals surface area contributed by atoms with E-state index in [1.165, 1.54) is 44.9 Å². The van der Waals surface area contributed by atoms with Crippen LogP contribution in [0.25, 0.3) is 11.0 Å². The standard InChI is InChI=1S/C19H25NO3/c1-22-16-9-10-17-14(11-19(21)23-18(17)12-16)13-20-15-7-5-3-2-4-6-8-15/h9-12,15,20H,2-8,13H2,1H3/p+1. The smallest absolute Gasteiger partial charge is 0.336 e. The number of benzene rings is 1. The van der Waals surface area contributed by atoms with Gasteiger partial charge >= 0.3 is 5.63 Å². The lowest BCUT2D eigenvalue weighted by molar-refractivity contribution is -0.705. The van der Waals surface area contributed by atoms with Gasteiger partial charge in [-0.25, -0.2) is 4.79 Å². The van der Waals surface area contributed by atoms with Crippen molar-refractivity contribution in [3.63, 3.8) is 0 Å². The van der Waals surface area contributed by atoms with Crippen molar-refractivity contribution in [2.24, 2.45) is 0 Å². The van der Waals surface area contributed by atoms with Crippen LogP contribution in [0.1, 0.15) is 50.5 Å². The van der Waals surface area contributed by atoms with Crippen LogP contribution >= 0.6 is 0 Å². The number of hydrogen-bond donors (Lipinski definition) is 1. The summed E-state index contributed by atoms with van der Waals surface area (Å²) in [5.74, 6) is 0.710. The van der Waals surface area contributed by atoms with Gasteiger partial charge in [-0.1, -0.05) is 19.3 Å². The summed E-state index contributed by atoms with van der Waals surface area (Å²) >= 11 is 0. The summed E-state index contributed by atoms with van der Waals surface area (Å²) in [4.78, 5) is 11.8. The molecule has 4 nitrogen and oxygen atoms in total. The molecule has 0 saturated heterocycles. The molecule has 1 aliphatic carbocycles. The van der Waals surface area contributed by atoms with E-state index in [9.17, 15) is 4.79 Å². The first-order valence-corrected chi connectivity index (χ1v) is 8.70. The number of ether oxygens (including phenoxy) is 1. The van der Waals surface area contributed by atoms with Crippen molar-refractivity contribution in [1.29, 1.82) is 0 Å². The summed E-state index contributed by atoms with van der Waals surface area (Å²) < 4.78 is 10.5. The van der Waals surface area contributed by atoms with E-state index < -0.39 is 0 Å². The van der Waals surface area contributed by atoms with E-state index >= 15 is 0 Å². The largest absolute Gasteiger partial charge is 0.497 e. The van der Waals surface area contributed by atoms with Gasteiger partial charge in [-0.05, 0) is 37.8 Å². The van der Waals surface area contributed by atoms with Crippen LogP contribution in [0.2, 0.25) is 0 Å². The highest BCUT2D eigenvalue weighted by atomic mass is 16.5. The van der Waals surface area contributed by atoms with Crippen molar-refractivity contribution in [3.05, 3.63) is 40.2 Å². The maximum atomic E-state index is 11.8. The van der Waals surface area contributed by atoms with Gasteiger partial charge in [0.25, 0.3) is 0 Å². The quantitative estimate of drug-likeness (QED) is 0.882. The zero-order chi connectivity index (χ0) is 16.1. The Kier molecular flexibility index (Phi) is 5.34. The van der Waals surface area contributed by atoms with Crippen molar-refractivity contribution >= 4 is 11.0 Å². The van der Waals surface area contributed by atoms with Gasteiger partial charge in [0.2, 0.25) is 0 Å². The second-order valence-corrected chi connectivity index (χ2v) is 6.50.